The third-order valence-corrected chi connectivity index (χ3v) is 7.66. The second-order valence-electron chi connectivity index (χ2n) is 7.59. The summed E-state index contributed by atoms with van der Waals surface area (Å²) >= 11 is 2.87. The molecule has 2 aromatic heterocycles. The molecule has 0 saturated carbocycles. The van der Waals surface area contributed by atoms with Crippen LogP contribution in [-0.2, 0) is 30.7 Å². The van der Waals surface area contributed by atoms with Crippen molar-refractivity contribution in [1.29, 1.82) is 0 Å². The van der Waals surface area contributed by atoms with Gasteiger partial charge in [0.25, 0.3) is 5.56 Å². The first-order chi connectivity index (χ1) is 15.0. The van der Waals surface area contributed by atoms with Gasteiger partial charge in [-0.2, -0.15) is 0 Å². The fourth-order valence-corrected chi connectivity index (χ4v) is 5.99. The smallest absolute Gasteiger partial charge is 0.263 e. The number of nitrogens with zero attached hydrogens (tertiary/aromatic N) is 2. The Morgan fingerprint density at radius 2 is 2.10 bits per heavy atom. The first kappa shape index (κ1) is 21.8. The Bertz CT molecular complexity index is 1180. The van der Waals surface area contributed by atoms with E-state index in [0.717, 1.165) is 47.0 Å². The molecule has 2 heterocycles. The number of thiophene rings is 1. The summed E-state index contributed by atoms with van der Waals surface area (Å²) in [5, 5.41) is 3.68. The van der Waals surface area contributed by atoms with E-state index in [0.29, 0.717) is 18.2 Å². The molecule has 5 nitrogen and oxygen atoms in total. The maximum atomic E-state index is 13.3. The van der Waals surface area contributed by atoms with Gasteiger partial charge in [-0.1, -0.05) is 30.0 Å². The van der Waals surface area contributed by atoms with Crippen LogP contribution in [0.15, 0.2) is 46.9 Å². The predicted molar refractivity (Wildman–Crippen MR) is 124 cm³/mol. The van der Waals surface area contributed by atoms with E-state index >= 15 is 0 Å². The van der Waals surface area contributed by atoms with Gasteiger partial charge in [-0.3, -0.25) is 14.2 Å². The van der Waals surface area contributed by atoms with Crippen LogP contribution in [0.25, 0.3) is 10.2 Å². The van der Waals surface area contributed by atoms with Crippen molar-refractivity contribution in [3.8, 4) is 0 Å². The van der Waals surface area contributed by atoms with Gasteiger partial charge in [0.2, 0.25) is 5.91 Å². The van der Waals surface area contributed by atoms with Crippen LogP contribution in [0.5, 0.6) is 0 Å². The highest BCUT2D eigenvalue weighted by molar-refractivity contribution is 8.00. The number of allylic oxidation sites excluding steroid dienone is 1. The molecule has 31 heavy (non-hydrogen) atoms. The number of hydrogen-bond donors (Lipinski definition) is 1. The summed E-state index contributed by atoms with van der Waals surface area (Å²) < 4.78 is 14.7. The molecule has 1 N–H and O–H groups in total. The van der Waals surface area contributed by atoms with E-state index in [1.807, 2.05) is 0 Å². The summed E-state index contributed by atoms with van der Waals surface area (Å²) in [6.45, 7) is 6.23. The van der Waals surface area contributed by atoms with Gasteiger partial charge in [0.15, 0.2) is 5.16 Å². The first-order valence-corrected chi connectivity index (χ1v) is 12.0. The summed E-state index contributed by atoms with van der Waals surface area (Å²) in [6, 6.07) is 6.02. The number of benzene rings is 1. The van der Waals surface area contributed by atoms with Crippen LogP contribution >= 0.6 is 23.1 Å². The fourth-order valence-electron chi connectivity index (χ4n) is 3.75. The zero-order chi connectivity index (χ0) is 22.0. The van der Waals surface area contributed by atoms with Gasteiger partial charge in [0.05, 0.1) is 10.6 Å². The van der Waals surface area contributed by atoms with Crippen LogP contribution in [0.1, 0.15) is 35.8 Å². The highest BCUT2D eigenvalue weighted by Gasteiger charge is 2.24. The van der Waals surface area contributed by atoms with Gasteiger partial charge in [0, 0.05) is 18.0 Å². The molecule has 0 fully saturated rings. The van der Waals surface area contributed by atoms with E-state index in [9.17, 15) is 14.0 Å². The molecule has 1 aliphatic carbocycles. The minimum absolute atomic E-state index is 0.0503. The van der Waals surface area contributed by atoms with Gasteiger partial charge in [-0.25, -0.2) is 9.37 Å². The van der Waals surface area contributed by atoms with Crippen LogP contribution in [0.2, 0.25) is 0 Å². The number of carbonyl (C=O) groups excluding carboxylic acids is 1. The Kier molecular flexibility index (Phi) is 6.57. The number of carbonyl (C=O) groups is 1. The zero-order valence-corrected chi connectivity index (χ0v) is 19.0. The van der Waals surface area contributed by atoms with E-state index in [1.54, 1.807) is 41.0 Å². The van der Waals surface area contributed by atoms with Crippen LogP contribution in [0.4, 0.5) is 4.39 Å². The molecule has 1 atom stereocenters. The lowest BCUT2D eigenvalue weighted by molar-refractivity contribution is -0.120. The van der Waals surface area contributed by atoms with Crippen LogP contribution in [0.3, 0.4) is 0 Å². The maximum absolute atomic E-state index is 13.3. The molecule has 4 rings (SSSR count). The summed E-state index contributed by atoms with van der Waals surface area (Å²) in [5.41, 5.74) is 1.92. The predicted octanol–water partition coefficient (Wildman–Crippen LogP) is 4.46. The largest absolute Gasteiger partial charge is 0.351 e. The lowest BCUT2D eigenvalue weighted by atomic mass is 9.97. The molecule has 1 amide bonds. The van der Waals surface area contributed by atoms with Crippen LogP contribution < -0.4 is 10.9 Å². The molecule has 1 aromatic carbocycles. The SMILES string of the molecule is C=CCn1c(SC(C)C(=O)NCc2ccc(F)cc2)nc2sc3c(c2c1=O)CCCC3. The van der Waals surface area contributed by atoms with Crippen molar-refractivity contribution >= 4 is 39.2 Å². The number of thioether (sulfide) groups is 1. The molecule has 0 saturated heterocycles. The molecular weight excluding hydrogens is 433 g/mol. The highest BCUT2D eigenvalue weighted by atomic mass is 32.2. The van der Waals surface area contributed by atoms with Crippen molar-refractivity contribution in [2.45, 2.75) is 56.1 Å². The lowest BCUT2D eigenvalue weighted by Crippen LogP contribution is -2.31. The quantitative estimate of drug-likeness (QED) is 0.323. The number of amides is 1. The van der Waals surface area contributed by atoms with Crippen LogP contribution in [0, 0.1) is 5.82 Å². The standard InChI is InChI=1S/C23H24FN3O2S2/c1-3-12-27-22(29)19-17-6-4-5-7-18(17)31-21(19)26-23(27)30-14(2)20(28)25-13-15-8-10-16(24)11-9-15/h3,8-11,14H,1,4-7,12-13H2,2H3,(H,25,28). The maximum Gasteiger partial charge on any atom is 0.263 e. The van der Waals surface area contributed by atoms with E-state index in [4.69, 9.17) is 4.98 Å². The molecule has 0 bridgehead atoms. The van der Waals surface area contributed by atoms with Crippen molar-refractivity contribution in [1.82, 2.24) is 14.9 Å². The summed E-state index contributed by atoms with van der Waals surface area (Å²) in [4.78, 5) is 32.7. The van der Waals surface area contributed by atoms with Gasteiger partial charge in [-0.05, 0) is 55.9 Å². The minimum Gasteiger partial charge on any atom is -0.351 e. The molecule has 0 spiro atoms. The topological polar surface area (TPSA) is 64.0 Å². The van der Waals surface area contributed by atoms with Crippen LogP contribution in [-0.4, -0.2) is 20.7 Å². The molecule has 162 valence electrons. The van der Waals surface area contributed by atoms with Crippen molar-refractivity contribution in [3.05, 3.63) is 69.1 Å². The number of nitrogens with one attached hydrogen (secondary N) is 1. The van der Waals surface area contributed by atoms with E-state index in [2.05, 4.69) is 11.9 Å². The Hall–Kier alpha value is -2.45. The fraction of sp³-hybridized carbons (Fsp3) is 0.348. The lowest BCUT2D eigenvalue weighted by Gasteiger charge is -2.15. The van der Waals surface area contributed by atoms with E-state index in [1.165, 1.54) is 28.8 Å². The average molecular weight is 458 g/mol. The normalized spacial score (nSPS) is 14.3. The Morgan fingerprint density at radius 3 is 2.84 bits per heavy atom. The van der Waals surface area contributed by atoms with Gasteiger partial charge in [-0.15, -0.1) is 17.9 Å². The third kappa shape index (κ3) is 4.60. The monoisotopic (exact) mass is 457 g/mol. The highest BCUT2D eigenvalue weighted by Crippen LogP contribution is 2.35. The minimum atomic E-state index is -0.449. The van der Waals surface area contributed by atoms with E-state index < -0.39 is 5.25 Å². The number of rotatable bonds is 7. The number of fused-ring (bicyclic) bond motifs is 3. The average Bonchev–Trinajstić information content (AvgIpc) is 3.14. The first-order valence-electron chi connectivity index (χ1n) is 10.3. The number of hydrogen-bond acceptors (Lipinski definition) is 5. The summed E-state index contributed by atoms with van der Waals surface area (Å²) in [6.07, 6.45) is 5.85. The van der Waals surface area contributed by atoms with Gasteiger partial charge in [0.1, 0.15) is 10.6 Å². The number of halogens is 1. The van der Waals surface area contributed by atoms with Gasteiger partial charge >= 0.3 is 0 Å². The second-order valence-corrected chi connectivity index (χ2v) is 9.99. The molecule has 0 aliphatic heterocycles. The van der Waals surface area contributed by atoms with Crippen molar-refractivity contribution in [3.63, 3.8) is 0 Å². The van der Waals surface area contributed by atoms with Crippen molar-refractivity contribution in [2.75, 3.05) is 0 Å². The third-order valence-electron chi connectivity index (χ3n) is 5.38. The second kappa shape index (κ2) is 9.36. The Balaban J connectivity index is 1.57. The van der Waals surface area contributed by atoms with Gasteiger partial charge < -0.3 is 5.32 Å². The number of aromatic nitrogens is 2. The molecular formula is C23H24FN3O2S2. The molecule has 1 aliphatic rings. The summed E-state index contributed by atoms with van der Waals surface area (Å²) in [5.74, 6) is -0.477. The van der Waals surface area contributed by atoms with E-state index in [-0.39, 0.29) is 17.3 Å². The molecule has 1 unspecified atom stereocenters. The number of aryl methyl sites for hydroxylation is 2. The zero-order valence-electron chi connectivity index (χ0n) is 17.3. The summed E-state index contributed by atoms with van der Waals surface area (Å²) in [7, 11) is 0. The Morgan fingerprint density at radius 1 is 1.35 bits per heavy atom. The molecule has 3 aromatic rings. The molecule has 8 heteroatoms. The van der Waals surface area contributed by atoms with Crippen molar-refractivity contribution in [2.24, 2.45) is 0 Å². The Labute approximate surface area is 188 Å². The van der Waals surface area contributed by atoms with Crippen molar-refractivity contribution < 1.29 is 9.18 Å². The molecule has 0 radical (unpaired) electrons.